The summed E-state index contributed by atoms with van der Waals surface area (Å²) in [6, 6.07) is 3.79. The van der Waals surface area contributed by atoms with E-state index in [9.17, 15) is 13.2 Å². The Labute approximate surface area is 148 Å². The van der Waals surface area contributed by atoms with E-state index in [0.29, 0.717) is 29.8 Å². The summed E-state index contributed by atoms with van der Waals surface area (Å²) in [5, 5.41) is 0. The van der Waals surface area contributed by atoms with Gasteiger partial charge in [0.25, 0.3) is 10.0 Å². The van der Waals surface area contributed by atoms with Gasteiger partial charge in [0.2, 0.25) is 5.91 Å². The smallest absolute Gasteiger partial charge is 0.252 e. The molecule has 1 saturated heterocycles. The van der Waals surface area contributed by atoms with E-state index in [4.69, 9.17) is 0 Å². The molecule has 1 aliphatic heterocycles. The number of amides is 1. The third kappa shape index (κ3) is 3.83. The molecule has 0 spiro atoms. The first-order valence-corrected chi connectivity index (χ1v) is 11.1. The molecule has 1 saturated carbocycles. The predicted molar refractivity (Wildman–Crippen MR) is 95.7 cm³/mol. The average molecular weight is 371 g/mol. The van der Waals surface area contributed by atoms with Crippen LogP contribution in [0, 0.1) is 0 Å². The minimum Gasteiger partial charge on any atom is -0.342 e. The van der Waals surface area contributed by atoms with Crippen LogP contribution in [0.4, 0.5) is 0 Å². The van der Waals surface area contributed by atoms with Gasteiger partial charge in [-0.2, -0.15) is 4.31 Å². The number of thiophene rings is 1. The second-order valence-electron chi connectivity index (χ2n) is 6.81. The van der Waals surface area contributed by atoms with Crippen LogP contribution in [0.5, 0.6) is 0 Å². The molecular weight excluding hydrogens is 344 g/mol. The van der Waals surface area contributed by atoms with Crippen molar-refractivity contribution in [1.82, 2.24) is 9.21 Å². The predicted octanol–water partition coefficient (Wildman–Crippen LogP) is 2.87. The van der Waals surface area contributed by atoms with E-state index in [2.05, 4.69) is 0 Å². The van der Waals surface area contributed by atoms with E-state index in [1.807, 2.05) is 11.9 Å². The zero-order valence-electron chi connectivity index (χ0n) is 14.2. The Morgan fingerprint density at radius 2 is 1.83 bits per heavy atom. The summed E-state index contributed by atoms with van der Waals surface area (Å²) in [7, 11) is -1.48. The summed E-state index contributed by atoms with van der Waals surface area (Å²) in [5.74, 6) is 0.0915. The summed E-state index contributed by atoms with van der Waals surface area (Å²) in [5.41, 5.74) is 0. The lowest BCUT2D eigenvalue weighted by Gasteiger charge is -2.31. The topological polar surface area (TPSA) is 57.7 Å². The second-order valence-corrected chi connectivity index (χ2v) is 10.1. The lowest BCUT2D eigenvalue weighted by molar-refractivity contribution is -0.131. The van der Waals surface area contributed by atoms with Gasteiger partial charge in [-0.1, -0.05) is 19.3 Å². The standard InChI is InChI=1S/C17H26N2O3S2/c1-18(14-7-3-2-4-8-14)16(20)13-15-9-10-17(23-15)24(21,22)19-11-5-6-12-19/h9-10,14H,2-8,11-13H2,1H3. The van der Waals surface area contributed by atoms with E-state index < -0.39 is 10.0 Å². The molecule has 1 aromatic heterocycles. The minimum absolute atomic E-state index is 0.0915. The van der Waals surface area contributed by atoms with Crippen LogP contribution in [0.15, 0.2) is 16.3 Å². The SMILES string of the molecule is CN(C(=O)Cc1ccc(S(=O)(=O)N2CCCC2)s1)C1CCCCC1. The van der Waals surface area contributed by atoms with Crippen molar-refractivity contribution in [3.63, 3.8) is 0 Å². The van der Waals surface area contributed by atoms with Crippen LogP contribution in [0.2, 0.25) is 0 Å². The Morgan fingerprint density at radius 3 is 2.50 bits per heavy atom. The van der Waals surface area contributed by atoms with E-state index in [1.54, 1.807) is 16.4 Å². The highest BCUT2D eigenvalue weighted by atomic mass is 32.2. The number of sulfonamides is 1. The Kier molecular flexibility index (Phi) is 5.62. The van der Waals surface area contributed by atoms with Crippen molar-refractivity contribution in [1.29, 1.82) is 0 Å². The van der Waals surface area contributed by atoms with E-state index in [0.717, 1.165) is 30.6 Å². The van der Waals surface area contributed by atoms with Crippen molar-refractivity contribution < 1.29 is 13.2 Å². The average Bonchev–Trinajstić information content (AvgIpc) is 3.27. The molecule has 0 bridgehead atoms. The highest BCUT2D eigenvalue weighted by Crippen LogP contribution is 2.28. The summed E-state index contributed by atoms with van der Waals surface area (Å²) in [4.78, 5) is 15.2. The van der Waals surface area contributed by atoms with E-state index >= 15 is 0 Å². The van der Waals surface area contributed by atoms with Crippen molar-refractivity contribution in [2.45, 2.75) is 61.6 Å². The number of nitrogens with zero attached hydrogens (tertiary/aromatic N) is 2. The van der Waals surface area contributed by atoms with Crippen molar-refractivity contribution in [3.8, 4) is 0 Å². The summed E-state index contributed by atoms with van der Waals surface area (Å²) >= 11 is 1.24. The maximum absolute atomic E-state index is 12.6. The molecule has 1 aromatic rings. The molecule has 0 aromatic carbocycles. The van der Waals surface area contributed by atoms with Gasteiger partial charge in [0.1, 0.15) is 4.21 Å². The first-order valence-electron chi connectivity index (χ1n) is 8.83. The maximum Gasteiger partial charge on any atom is 0.252 e. The lowest BCUT2D eigenvalue weighted by atomic mass is 9.94. The Hall–Kier alpha value is -0.920. The quantitative estimate of drug-likeness (QED) is 0.801. The molecule has 1 amide bonds. The normalized spacial score (nSPS) is 20.4. The molecule has 2 heterocycles. The first-order chi connectivity index (χ1) is 11.5. The summed E-state index contributed by atoms with van der Waals surface area (Å²) in [6.45, 7) is 1.22. The number of rotatable bonds is 5. The minimum atomic E-state index is -3.37. The van der Waals surface area contributed by atoms with Gasteiger partial charge >= 0.3 is 0 Å². The second kappa shape index (κ2) is 7.54. The fourth-order valence-electron chi connectivity index (χ4n) is 3.59. The van der Waals surface area contributed by atoms with Gasteiger partial charge in [0, 0.05) is 31.1 Å². The number of hydrogen-bond donors (Lipinski definition) is 0. The Morgan fingerprint density at radius 1 is 1.17 bits per heavy atom. The Bertz CT molecular complexity index is 672. The number of hydrogen-bond acceptors (Lipinski definition) is 4. The molecule has 24 heavy (non-hydrogen) atoms. The highest BCUT2D eigenvalue weighted by molar-refractivity contribution is 7.91. The maximum atomic E-state index is 12.6. The van der Waals surface area contributed by atoms with Crippen molar-refractivity contribution in [3.05, 3.63) is 17.0 Å². The number of carbonyl (C=O) groups is 1. The zero-order chi connectivity index (χ0) is 17.2. The molecule has 134 valence electrons. The molecule has 5 nitrogen and oxygen atoms in total. The van der Waals surface area contributed by atoms with Crippen LogP contribution in [-0.4, -0.2) is 49.7 Å². The van der Waals surface area contributed by atoms with Gasteiger partial charge in [-0.25, -0.2) is 8.42 Å². The molecule has 0 radical (unpaired) electrons. The van der Waals surface area contributed by atoms with E-state index in [1.165, 1.54) is 30.6 Å². The molecule has 1 aliphatic carbocycles. The summed E-state index contributed by atoms with van der Waals surface area (Å²) < 4.78 is 27.0. The third-order valence-corrected chi connectivity index (χ3v) is 8.59. The Balaban J connectivity index is 1.64. The fourth-order valence-corrected chi connectivity index (χ4v) is 6.61. The molecule has 0 N–H and O–H groups in total. The van der Waals surface area contributed by atoms with Crippen LogP contribution in [0.25, 0.3) is 0 Å². The number of likely N-dealkylation sites (N-methyl/N-ethyl adjacent to an activating group) is 1. The van der Waals surface area contributed by atoms with Crippen molar-refractivity contribution in [2.24, 2.45) is 0 Å². The van der Waals surface area contributed by atoms with Crippen LogP contribution in [-0.2, 0) is 21.2 Å². The molecular formula is C17H26N2O3S2. The fraction of sp³-hybridized carbons (Fsp3) is 0.706. The third-order valence-electron chi connectivity index (χ3n) is 5.14. The largest absolute Gasteiger partial charge is 0.342 e. The molecule has 0 unspecified atom stereocenters. The van der Waals surface area contributed by atoms with Crippen LogP contribution in [0.3, 0.4) is 0 Å². The van der Waals surface area contributed by atoms with Crippen molar-refractivity contribution >= 4 is 27.3 Å². The molecule has 2 aliphatic rings. The van der Waals surface area contributed by atoms with Crippen molar-refractivity contribution in [2.75, 3.05) is 20.1 Å². The molecule has 2 fully saturated rings. The van der Waals surface area contributed by atoms with Crippen LogP contribution in [0.1, 0.15) is 49.8 Å². The van der Waals surface area contributed by atoms with Gasteiger partial charge in [0.15, 0.2) is 0 Å². The van der Waals surface area contributed by atoms with Gasteiger partial charge in [-0.3, -0.25) is 4.79 Å². The zero-order valence-corrected chi connectivity index (χ0v) is 15.9. The van der Waals surface area contributed by atoms with Gasteiger partial charge in [0.05, 0.1) is 6.42 Å². The van der Waals surface area contributed by atoms with Crippen LogP contribution < -0.4 is 0 Å². The molecule has 3 rings (SSSR count). The van der Waals surface area contributed by atoms with Gasteiger partial charge < -0.3 is 4.90 Å². The van der Waals surface area contributed by atoms with E-state index in [-0.39, 0.29) is 5.91 Å². The highest BCUT2D eigenvalue weighted by Gasteiger charge is 2.29. The summed E-state index contributed by atoms with van der Waals surface area (Å²) in [6.07, 6.45) is 7.99. The molecule has 0 atom stereocenters. The molecule has 7 heteroatoms. The first kappa shape index (κ1) is 17.9. The van der Waals surface area contributed by atoms with Gasteiger partial charge in [-0.15, -0.1) is 11.3 Å². The van der Waals surface area contributed by atoms with Gasteiger partial charge in [-0.05, 0) is 37.8 Å². The monoisotopic (exact) mass is 370 g/mol. The lowest BCUT2D eigenvalue weighted by Crippen LogP contribution is -2.39. The number of carbonyl (C=O) groups excluding carboxylic acids is 1. The van der Waals surface area contributed by atoms with Crippen LogP contribution >= 0.6 is 11.3 Å².